The second-order valence-corrected chi connectivity index (χ2v) is 6.05. The van der Waals surface area contributed by atoms with E-state index < -0.39 is 0 Å². The number of hydrogen-bond acceptors (Lipinski definition) is 5. The average molecular weight is 312 g/mol. The van der Waals surface area contributed by atoms with Crippen LogP contribution < -0.4 is 15.5 Å². The van der Waals surface area contributed by atoms with Gasteiger partial charge in [-0.1, -0.05) is 6.07 Å². The summed E-state index contributed by atoms with van der Waals surface area (Å²) in [5.41, 5.74) is 2.62. The Hall–Kier alpha value is -2.41. The third-order valence-electron chi connectivity index (χ3n) is 4.52. The Morgan fingerprint density at radius 2 is 2.35 bits per heavy atom. The number of rotatable bonds is 3. The number of nitrogens with zero attached hydrogens (tertiary/aromatic N) is 3. The maximum atomic E-state index is 12.5. The minimum absolute atomic E-state index is 0.0842. The Balaban J connectivity index is 1.41. The summed E-state index contributed by atoms with van der Waals surface area (Å²) in [7, 11) is 0. The van der Waals surface area contributed by atoms with E-state index in [-0.39, 0.29) is 11.9 Å². The van der Waals surface area contributed by atoms with E-state index in [1.165, 1.54) is 0 Å². The molecule has 0 spiro atoms. The zero-order valence-corrected chi connectivity index (χ0v) is 12.9. The lowest BCUT2D eigenvalue weighted by Gasteiger charge is -2.18. The van der Waals surface area contributed by atoms with Crippen molar-refractivity contribution in [2.45, 2.75) is 25.4 Å². The highest BCUT2D eigenvalue weighted by atomic mass is 16.2. The van der Waals surface area contributed by atoms with Crippen molar-refractivity contribution in [1.29, 1.82) is 0 Å². The first-order valence-electron chi connectivity index (χ1n) is 8.05. The van der Waals surface area contributed by atoms with Crippen molar-refractivity contribution in [3.8, 4) is 0 Å². The van der Waals surface area contributed by atoms with Crippen LogP contribution in [0, 0.1) is 0 Å². The van der Waals surface area contributed by atoms with Crippen molar-refractivity contribution in [2.24, 2.45) is 0 Å². The van der Waals surface area contributed by atoms with Gasteiger partial charge in [0.25, 0.3) is 5.91 Å². The van der Waals surface area contributed by atoms with Gasteiger partial charge in [0, 0.05) is 56.1 Å². The van der Waals surface area contributed by atoms with Crippen molar-refractivity contribution < 1.29 is 4.79 Å². The molecule has 1 atom stereocenters. The number of aromatic amines is 1. The predicted octanol–water partition coefficient (Wildman–Crippen LogP) is 0.459. The molecule has 2 aliphatic heterocycles. The highest BCUT2D eigenvalue weighted by Gasteiger charge is 2.27. The predicted molar refractivity (Wildman–Crippen MR) is 86.3 cm³/mol. The molecule has 1 unspecified atom stereocenters. The van der Waals surface area contributed by atoms with Gasteiger partial charge in [-0.15, -0.1) is 0 Å². The van der Waals surface area contributed by atoms with Gasteiger partial charge in [-0.25, -0.2) is 4.98 Å². The molecule has 0 radical (unpaired) electrons. The molecule has 0 aliphatic carbocycles. The highest BCUT2D eigenvalue weighted by molar-refractivity contribution is 5.94. The Morgan fingerprint density at radius 3 is 3.22 bits per heavy atom. The molecule has 1 saturated heterocycles. The third kappa shape index (κ3) is 2.79. The Labute approximate surface area is 134 Å². The molecule has 120 valence electrons. The summed E-state index contributed by atoms with van der Waals surface area (Å²) in [5, 5.41) is 13.6. The molecule has 7 heteroatoms. The first-order valence-corrected chi connectivity index (χ1v) is 8.05. The van der Waals surface area contributed by atoms with Crippen LogP contribution in [0.3, 0.4) is 0 Å². The minimum atomic E-state index is -0.0842. The first-order chi connectivity index (χ1) is 11.3. The van der Waals surface area contributed by atoms with E-state index in [9.17, 15) is 4.79 Å². The van der Waals surface area contributed by atoms with Crippen LogP contribution in [0.2, 0.25) is 0 Å². The Bertz CT molecular complexity index is 698. The van der Waals surface area contributed by atoms with Crippen LogP contribution in [-0.4, -0.2) is 46.8 Å². The van der Waals surface area contributed by atoms with Gasteiger partial charge < -0.3 is 15.5 Å². The molecule has 3 N–H and O–H groups in total. The SMILES string of the molecule is O=C(NC1CCN(c2ccccn2)C1)c1n[nH]c2c1CNCC2. The van der Waals surface area contributed by atoms with E-state index >= 15 is 0 Å². The summed E-state index contributed by atoms with van der Waals surface area (Å²) in [6.07, 6.45) is 3.62. The maximum absolute atomic E-state index is 12.5. The summed E-state index contributed by atoms with van der Waals surface area (Å²) in [6.45, 7) is 3.33. The molecule has 4 rings (SSSR count). The standard InChI is InChI=1S/C16H20N6O/c23-16(15-12-9-17-7-4-13(12)20-21-15)19-11-5-8-22(10-11)14-3-1-2-6-18-14/h1-3,6,11,17H,4-5,7-10H2,(H,19,23)(H,20,21). The lowest BCUT2D eigenvalue weighted by molar-refractivity contribution is 0.0934. The smallest absolute Gasteiger partial charge is 0.272 e. The lowest BCUT2D eigenvalue weighted by atomic mass is 10.1. The fourth-order valence-corrected chi connectivity index (χ4v) is 3.29. The van der Waals surface area contributed by atoms with Crippen LogP contribution in [-0.2, 0) is 13.0 Å². The fourth-order valence-electron chi connectivity index (χ4n) is 3.29. The van der Waals surface area contributed by atoms with E-state index in [0.717, 1.165) is 49.6 Å². The number of anilines is 1. The topological polar surface area (TPSA) is 85.9 Å². The van der Waals surface area contributed by atoms with Crippen LogP contribution in [0.1, 0.15) is 28.2 Å². The number of amides is 1. The van der Waals surface area contributed by atoms with Crippen LogP contribution in [0.5, 0.6) is 0 Å². The Morgan fingerprint density at radius 1 is 1.39 bits per heavy atom. The monoisotopic (exact) mass is 312 g/mol. The van der Waals surface area contributed by atoms with Gasteiger partial charge in [0.15, 0.2) is 5.69 Å². The van der Waals surface area contributed by atoms with Gasteiger partial charge in [0.1, 0.15) is 5.82 Å². The van der Waals surface area contributed by atoms with E-state index in [0.29, 0.717) is 12.2 Å². The number of carbonyl (C=O) groups is 1. The van der Waals surface area contributed by atoms with Gasteiger partial charge in [-0.3, -0.25) is 9.89 Å². The van der Waals surface area contributed by atoms with E-state index in [4.69, 9.17) is 0 Å². The van der Waals surface area contributed by atoms with E-state index in [1.807, 2.05) is 18.2 Å². The molecule has 4 heterocycles. The van der Waals surface area contributed by atoms with E-state index in [2.05, 4.69) is 30.7 Å². The molecule has 1 fully saturated rings. The quantitative estimate of drug-likeness (QED) is 0.766. The number of pyridine rings is 1. The molecule has 0 bridgehead atoms. The van der Waals surface area contributed by atoms with Gasteiger partial charge >= 0.3 is 0 Å². The highest BCUT2D eigenvalue weighted by Crippen LogP contribution is 2.19. The number of carbonyl (C=O) groups excluding carboxylic acids is 1. The Kier molecular flexibility index (Phi) is 3.70. The van der Waals surface area contributed by atoms with Crippen LogP contribution >= 0.6 is 0 Å². The van der Waals surface area contributed by atoms with Crippen LogP contribution in [0.25, 0.3) is 0 Å². The molecule has 2 aromatic heterocycles. The lowest BCUT2D eigenvalue weighted by Crippen LogP contribution is -2.38. The summed E-state index contributed by atoms with van der Waals surface area (Å²) < 4.78 is 0. The third-order valence-corrected chi connectivity index (χ3v) is 4.52. The zero-order chi connectivity index (χ0) is 15.6. The van der Waals surface area contributed by atoms with Crippen molar-refractivity contribution in [3.63, 3.8) is 0 Å². The van der Waals surface area contributed by atoms with Gasteiger partial charge in [0.2, 0.25) is 0 Å². The largest absolute Gasteiger partial charge is 0.354 e. The molecule has 2 aliphatic rings. The van der Waals surface area contributed by atoms with Crippen LogP contribution in [0.4, 0.5) is 5.82 Å². The number of H-pyrrole nitrogens is 1. The van der Waals surface area contributed by atoms with Crippen molar-refractivity contribution in [2.75, 3.05) is 24.5 Å². The minimum Gasteiger partial charge on any atom is -0.354 e. The fraction of sp³-hybridized carbons (Fsp3) is 0.438. The van der Waals surface area contributed by atoms with Crippen LogP contribution in [0.15, 0.2) is 24.4 Å². The van der Waals surface area contributed by atoms with Crippen molar-refractivity contribution >= 4 is 11.7 Å². The second kappa shape index (κ2) is 6.00. The molecule has 2 aromatic rings. The normalized spacial score (nSPS) is 20.3. The van der Waals surface area contributed by atoms with Gasteiger partial charge in [-0.2, -0.15) is 5.10 Å². The number of fused-ring (bicyclic) bond motifs is 1. The molecule has 7 nitrogen and oxygen atoms in total. The number of nitrogens with one attached hydrogen (secondary N) is 3. The summed E-state index contributed by atoms with van der Waals surface area (Å²) in [6, 6.07) is 6.03. The molecule has 1 amide bonds. The molecular weight excluding hydrogens is 292 g/mol. The molecule has 23 heavy (non-hydrogen) atoms. The maximum Gasteiger partial charge on any atom is 0.272 e. The second-order valence-electron chi connectivity index (χ2n) is 6.05. The zero-order valence-electron chi connectivity index (χ0n) is 12.9. The molecular formula is C16H20N6O. The van der Waals surface area contributed by atoms with Gasteiger partial charge in [-0.05, 0) is 18.6 Å². The van der Waals surface area contributed by atoms with Gasteiger partial charge in [0.05, 0.1) is 0 Å². The molecule has 0 aromatic carbocycles. The average Bonchev–Trinajstić information content (AvgIpc) is 3.22. The number of aromatic nitrogens is 3. The summed E-state index contributed by atoms with van der Waals surface area (Å²) in [5.74, 6) is 0.879. The van der Waals surface area contributed by atoms with E-state index in [1.54, 1.807) is 6.20 Å². The van der Waals surface area contributed by atoms with Crippen molar-refractivity contribution in [1.82, 2.24) is 25.8 Å². The first kappa shape index (κ1) is 14.2. The summed E-state index contributed by atoms with van der Waals surface area (Å²) >= 11 is 0. The van der Waals surface area contributed by atoms with Crippen molar-refractivity contribution in [3.05, 3.63) is 41.3 Å². The molecule has 0 saturated carbocycles. The number of hydrogen-bond donors (Lipinski definition) is 3. The summed E-state index contributed by atoms with van der Waals surface area (Å²) in [4.78, 5) is 19.1.